The highest BCUT2D eigenvalue weighted by Gasteiger charge is 2.21. The van der Waals surface area contributed by atoms with E-state index in [1.165, 1.54) is 26.6 Å². The van der Waals surface area contributed by atoms with E-state index in [0.29, 0.717) is 0 Å². The molecule has 2 rings (SSSR count). The van der Waals surface area contributed by atoms with Gasteiger partial charge in [-0.3, -0.25) is 4.79 Å². The van der Waals surface area contributed by atoms with E-state index in [2.05, 4.69) is 9.47 Å². The predicted octanol–water partition coefficient (Wildman–Crippen LogP) is 2.03. The van der Waals surface area contributed by atoms with Crippen LogP contribution in [0.4, 0.5) is 0 Å². The Hall–Kier alpha value is -2.89. The highest BCUT2D eigenvalue weighted by Crippen LogP contribution is 2.16. The first-order valence-corrected chi connectivity index (χ1v) is 6.89. The first-order chi connectivity index (χ1) is 10.9. The molecule has 0 bridgehead atoms. The number of rotatable bonds is 3. The molecule has 120 valence electrons. The predicted molar refractivity (Wildman–Crippen MR) is 84.2 cm³/mol. The number of carbonyl (C=O) groups is 2. The van der Waals surface area contributed by atoms with Crippen molar-refractivity contribution in [3.8, 4) is 5.69 Å². The highest BCUT2D eigenvalue weighted by molar-refractivity contribution is 5.94. The molecule has 0 spiro atoms. The second-order valence-corrected chi connectivity index (χ2v) is 5.10. The number of aromatic nitrogens is 1. The molecular formula is C17H17NO5. The zero-order valence-electron chi connectivity index (χ0n) is 13.4. The minimum atomic E-state index is -0.806. The van der Waals surface area contributed by atoms with Crippen molar-refractivity contribution in [1.82, 2.24) is 4.57 Å². The van der Waals surface area contributed by atoms with Crippen LogP contribution in [0.15, 0.2) is 35.4 Å². The number of carbonyl (C=O) groups excluding carboxylic acids is 2. The van der Waals surface area contributed by atoms with E-state index in [1.54, 1.807) is 4.57 Å². The van der Waals surface area contributed by atoms with E-state index in [9.17, 15) is 14.4 Å². The van der Waals surface area contributed by atoms with Crippen molar-refractivity contribution in [3.63, 3.8) is 0 Å². The first kappa shape index (κ1) is 16.5. The van der Waals surface area contributed by atoms with Gasteiger partial charge in [-0.2, -0.15) is 0 Å². The summed E-state index contributed by atoms with van der Waals surface area (Å²) in [5.74, 6) is -1.61. The van der Waals surface area contributed by atoms with E-state index in [1.807, 2.05) is 32.0 Å². The van der Waals surface area contributed by atoms with Crippen molar-refractivity contribution in [1.29, 1.82) is 0 Å². The Morgan fingerprint density at radius 3 is 1.91 bits per heavy atom. The van der Waals surface area contributed by atoms with E-state index >= 15 is 0 Å². The quantitative estimate of drug-likeness (QED) is 0.810. The van der Waals surface area contributed by atoms with Crippen LogP contribution in [0.25, 0.3) is 5.69 Å². The van der Waals surface area contributed by atoms with Crippen LogP contribution < -0.4 is 5.43 Å². The van der Waals surface area contributed by atoms with Gasteiger partial charge in [-0.05, 0) is 25.5 Å². The van der Waals surface area contributed by atoms with Gasteiger partial charge in [0.25, 0.3) is 0 Å². The van der Waals surface area contributed by atoms with E-state index in [4.69, 9.17) is 0 Å². The second kappa shape index (κ2) is 6.48. The summed E-state index contributed by atoms with van der Waals surface area (Å²) in [6.45, 7) is 3.86. The fourth-order valence-electron chi connectivity index (χ4n) is 2.32. The molecule has 0 saturated carbocycles. The number of hydrogen-bond donors (Lipinski definition) is 0. The average molecular weight is 315 g/mol. The summed E-state index contributed by atoms with van der Waals surface area (Å²) in [5.41, 5.74) is 1.58. The summed E-state index contributed by atoms with van der Waals surface area (Å²) in [4.78, 5) is 35.9. The van der Waals surface area contributed by atoms with Crippen molar-refractivity contribution in [2.45, 2.75) is 13.8 Å². The lowest BCUT2D eigenvalue weighted by Gasteiger charge is -2.13. The van der Waals surface area contributed by atoms with Crippen LogP contribution in [0.3, 0.4) is 0 Å². The molecule has 2 aromatic rings. The Morgan fingerprint density at radius 1 is 0.957 bits per heavy atom. The topological polar surface area (TPSA) is 74.6 Å². The van der Waals surface area contributed by atoms with Crippen LogP contribution >= 0.6 is 0 Å². The Kier molecular flexibility index (Phi) is 4.64. The lowest BCUT2D eigenvalue weighted by molar-refractivity contribution is 0.0595. The molecule has 0 radical (unpaired) electrons. The van der Waals surface area contributed by atoms with Crippen LogP contribution in [-0.4, -0.2) is 30.7 Å². The molecule has 0 aliphatic heterocycles. The summed E-state index contributed by atoms with van der Waals surface area (Å²) >= 11 is 0. The molecule has 23 heavy (non-hydrogen) atoms. The second-order valence-electron chi connectivity index (χ2n) is 5.10. The molecule has 0 aliphatic rings. The molecule has 0 aliphatic carbocycles. The smallest absolute Gasteiger partial charge is 0.343 e. The normalized spacial score (nSPS) is 10.3. The Labute approximate surface area is 133 Å². The van der Waals surface area contributed by atoms with Crippen LogP contribution in [-0.2, 0) is 9.47 Å². The molecule has 0 amide bonds. The molecule has 0 atom stereocenters. The van der Waals surface area contributed by atoms with Gasteiger partial charge in [-0.15, -0.1) is 0 Å². The van der Waals surface area contributed by atoms with Gasteiger partial charge in [0.1, 0.15) is 11.1 Å². The maximum absolute atomic E-state index is 12.3. The van der Waals surface area contributed by atoms with Crippen LogP contribution in [0.2, 0.25) is 0 Å². The average Bonchev–Trinajstić information content (AvgIpc) is 2.54. The number of methoxy groups -OCH3 is 2. The number of benzene rings is 1. The number of aryl methyl sites for hydroxylation is 2. The van der Waals surface area contributed by atoms with Crippen molar-refractivity contribution < 1.29 is 19.1 Å². The minimum Gasteiger partial charge on any atom is -0.465 e. The number of hydrogen-bond acceptors (Lipinski definition) is 5. The van der Waals surface area contributed by atoms with Gasteiger partial charge in [0, 0.05) is 18.1 Å². The minimum absolute atomic E-state index is 0.227. The number of pyridine rings is 1. The standard InChI is InChI=1S/C17H17NO5/c1-10-5-6-14(11(2)7-10)18-8-12(16(20)22-3)15(19)13(9-18)17(21)23-4/h5-9H,1-4H3. The van der Waals surface area contributed by atoms with Gasteiger partial charge in [0.2, 0.25) is 5.43 Å². The van der Waals surface area contributed by atoms with Gasteiger partial charge in [-0.1, -0.05) is 17.7 Å². The fraction of sp³-hybridized carbons (Fsp3) is 0.235. The van der Waals surface area contributed by atoms with Gasteiger partial charge < -0.3 is 14.0 Å². The number of esters is 2. The Bertz CT molecular complexity index is 795. The summed E-state index contributed by atoms with van der Waals surface area (Å²) in [6, 6.07) is 5.70. The molecule has 0 saturated heterocycles. The zero-order valence-corrected chi connectivity index (χ0v) is 13.4. The molecule has 0 unspecified atom stereocenters. The maximum Gasteiger partial charge on any atom is 0.343 e. The summed E-state index contributed by atoms with van der Waals surface area (Å²) in [5, 5.41) is 0. The lowest BCUT2D eigenvalue weighted by atomic mass is 10.1. The molecule has 1 heterocycles. The van der Waals surface area contributed by atoms with Gasteiger partial charge >= 0.3 is 11.9 Å². The third kappa shape index (κ3) is 3.15. The van der Waals surface area contributed by atoms with Gasteiger partial charge in [0.05, 0.1) is 14.2 Å². The summed E-state index contributed by atoms with van der Waals surface area (Å²) in [7, 11) is 2.35. The number of nitrogens with zero attached hydrogens (tertiary/aromatic N) is 1. The largest absolute Gasteiger partial charge is 0.465 e. The van der Waals surface area contributed by atoms with Gasteiger partial charge in [-0.25, -0.2) is 9.59 Å². The first-order valence-electron chi connectivity index (χ1n) is 6.89. The van der Waals surface area contributed by atoms with Crippen LogP contribution in [0, 0.1) is 13.8 Å². The molecule has 0 fully saturated rings. The van der Waals surface area contributed by atoms with Crippen molar-refractivity contribution in [3.05, 3.63) is 63.1 Å². The Morgan fingerprint density at radius 2 is 1.48 bits per heavy atom. The van der Waals surface area contributed by atoms with Gasteiger partial charge in [0.15, 0.2) is 0 Å². The molecule has 1 aromatic heterocycles. The summed E-state index contributed by atoms with van der Waals surface area (Å²) < 4.78 is 10.8. The lowest BCUT2D eigenvalue weighted by Crippen LogP contribution is -2.26. The van der Waals surface area contributed by atoms with E-state index < -0.39 is 17.4 Å². The Balaban J connectivity index is 2.76. The van der Waals surface area contributed by atoms with Crippen LogP contribution in [0.1, 0.15) is 31.8 Å². The fourth-order valence-corrected chi connectivity index (χ4v) is 2.32. The molecule has 1 aromatic carbocycles. The van der Waals surface area contributed by atoms with Crippen LogP contribution in [0.5, 0.6) is 0 Å². The van der Waals surface area contributed by atoms with Crippen molar-refractivity contribution in [2.75, 3.05) is 14.2 Å². The SMILES string of the molecule is COC(=O)c1cn(-c2ccc(C)cc2C)cc(C(=O)OC)c1=O. The van der Waals surface area contributed by atoms with Crippen molar-refractivity contribution in [2.24, 2.45) is 0 Å². The third-order valence-corrected chi connectivity index (χ3v) is 3.47. The molecule has 0 N–H and O–H groups in total. The molecule has 6 nitrogen and oxygen atoms in total. The van der Waals surface area contributed by atoms with E-state index in [-0.39, 0.29) is 11.1 Å². The molecule has 6 heteroatoms. The maximum atomic E-state index is 12.3. The van der Waals surface area contributed by atoms with E-state index in [0.717, 1.165) is 16.8 Å². The zero-order chi connectivity index (χ0) is 17.1. The monoisotopic (exact) mass is 315 g/mol. The van der Waals surface area contributed by atoms with Crippen molar-refractivity contribution >= 4 is 11.9 Å². The highest BCUT2D eigenvalue weighted by atomic mass is 16.5. The molecular weight excluding hydrogens is 298 g/mol. The summed E-state index contributed by atoms with van der Waals surface area (Å²) in [6.07, 6.45) is 2.72. The third-order valence-electron chi connectivity index (χ3n) is 3.47. The number of ether oxygens (including phenoxy) is 2.